The predicted octanol–water partition coefficient (Wildman–Crippen LogP) is 2.01. The molecule has 0 N–H and O–H groups in total. The number of nitrogens with zero attached hydrogens (tertiary/aromatic N) is 3. The number of aromatic nitrogens is 2. The Morgan fingerprint density at radius 2 is 2.33 bits per heavy atom. The highest BCUT2D eigenvalue weighted by Crippen LogP contribution is 2.32. The highest BCUT2D eigenvalue weighted by Gasteiger charge is 2.33. The van der Waals surface area contributed by atoms with Gasteiger partial charge in [0.05, 0.1) is 18.9 Å². The molecule has 1 fully saturated rings. The summed E-state index contributed by atoms with van der Waals surface area (Å²) >= 11 is 4.51. The number of aryl methyl sites for hydroxylation is 1. The minimum Gasteiger partial charge on any atom is -0.371 e. The Balaban J connectivity index is 1.85. The van der Waals surface area contributed by atoms with E-state index >= 15 is 0 Å². The first kappa shape index (κ1) is 15.2. The summed E-state index contributed by atoms with van der Waals surface area (Å²) < 4.78 is 35.2. The Hall–Kier alpha value is -0.740. The van der Waals surface area contributed by atoms with E-state index < -0.39 is 10.0 Å². The van der Waals surface area contributed by atoms with Gasteiger partial charge in [-0.2, -0.15) is 9.40 Å². The summed E-state index contributed by atoms with van der Waals surface area (Å²) in [5.41, 5.74) is 0.891. The Morgan fingerprint density at radius 1 is 1.52 bits per heavy atom. The van der Waals surface area contributed by atoms with Crippen LogP contribution < -0.4 is 0 Å². The highest BCUT2D eigenvalue weighted by atomic mass is 79.9. The molecule has 0 amide bonds. The topological polar surface area (TPSA) is 64.4 Å². The van der Waals surface area contributed by atoms with Gasteiger partial charge in [0.1, 0.15) is 4.21 Å². The van der Waals surface area contributed by atoms with Crippen molar-refractivity contribution < 1.29 is 13.2 Å². The molecule has 0 bridgehead atoms. The molecule has 3 rings (SSSR count). The zero-order chi connectivity index (χ0) is 15.0. The third kappa shape index (κ3) is 2.93. The smallest absolute Gasteiger partial charge is 0.253 e. The fraction of sp³-hybridized carbons (Fsp3) is 0.417. The Bertz CT molecular complexity index is 741. The molecular weight excluding hydrogens is 378 g/mol. The first-order valence-electron chi connectivity index (χ1n) is 6.32. The van der Waals surface area contributed by atoms with Crippen LogP contribution in [-0.4, -0.2) is 42.2 Å². The molecule has 6 nitrogen and oxygen atoms in total. The number of halogens is 1. The van der Waals surface area contributed by atoms with Gasteiger partial charge in [-0.05, 0) is 27.4 Å². The van der Waals surface area contributed by atoms with Gasteiger partial charge in [0.2, 0.25) is 0 Å². The van der Waals surface area contributed by atoms with Gasteiger partial charge in [-0.15, -0.1) is 11.3 Å². The highest BCUT2D eigenvalue weighted by molar-refractivity contribution is 9.10. The van der Waals surface area contributed by atoms with E-state index in [9.17, 15) is 8.42 Å². The third-order valence-corrected chi connectivity index (χ3v) is 7.80. The van der Waals surface area contributed by atoms with Crippen LogP contribution in [0.3, 0.4) is 0 Å². The minimum atomic E-state index is -3.49. The molecule has 0 spiro atoms. The average molecular weight is 392 g/mol. The lowest BCUT2D eigenvalue weighted by molar-refractivity contribution is -0.00254. The fourth-order valence-corrected chi connectivity index (χ4v) is 6.11. The number of ether oxygens (including phenoxy) is 1. The number of sulfonamides is 1. The van der Waals surface area contributed by atoms with Crippen molar-refractivity contribution in [1.29, 1.82) is 0 Å². The maximum atomic E-state index is 12.7. The lowest BCUT2D eigenvalue weighted by Crippen LogP contribution is -2.41. The van der Waals surface area contributed by atoms with Crippen molar-refractivity contribution in [3.05, 3.63) is 33.9 Å². The van der Waals surface area contributed by atoms with Crippen LogP contribution >= 0.6 is 27.3 Å². The number of thiophene rings is 1. The lowest BCUT2D eigenvalue weighted by atomic mass is 10.2. The van der Waals surface area contributed by atoms with Gasteiger partial charge in [-0.1, -0.05) is 0 Å². The Labute approximate surface area is 135 Å². The Kier molecular flexibility index (Phi) is 4.19. The van der Waals surface area contributed by atoms with E-state index in [0.717, 1.165) is 5.56 Å². The number of hydrogen-bond acceptors (Lipinski definition) is 5. The maximum Gasteiger partial charge on any atom is 0.253 e. The number of rotatable bonds is 3. The molecule has 1 aliphatic rings. The summed E-state index contributed by atoms with van der Waals surface area (Å²) in [7, 11) is -1.66. The number of morpholine rings is 1. The van der Waals surface area contributed by atoms with Gasteiger partial charge in [0.15, 0.2) is 0 Å². The molecule has 2 aromatic rings. The van der Waals surface area contributed by atoms with Gasteiger partial charge in [-0.25, -0.2) is 8.42 Å². The zero-order valence-corrected chi connectivity index (χ0v) is 14.5. The molecule has 0 aliphatic carbocycles. The minimum absolute atomic E-state index is 0.277. The van der Waals surface area contributed by atoms with Crippen LogP contribution in [0.5, 0.6) is 0 Å². The van der Waals surface area contributed by atoms with Crippen LogP contribution in [0.1, 0.15) is 11.7 Å². The summed E-state index contributed by atoms with van der Waals surface area (Å²) in [6, 6.07) is 1.75. The second kappa shape index (κ2) is 5.81. The molecule has 9 heteroatoms. The molecule has 0 unspecified atom stereocenters. The van der Waals surface area contributed by atoms with E-state index in [1.165, 1.54) is 15.6 Å². The largest absolute Gasteiger partial charge is 0.371 e. The van der Waals surface area contributed by atoms with Crippen molar-refractivity contribution >= 4 is 37.3 Å². The first-order chi connectivity index (χ1) is 9.98. The van der Waals surface area contributed by atoms with Crippen molar-refractivity contribution in [1.82, 2.24) is 14.1 Å². The van der Waals surface area contributed by atoms with Crippen LogP contribution in [0.4, 0.5) is 0 Å². The molecule has 21 heavy (non-hydrogen) atoms. The van der Waals surface area contributed by atoms with E-state index in [-0.39, 0.29) is 6.10 Å². The van der Waals surface area contributed by atoms with Crippen LogP contribution in [0.25, 0.3) is 0 Å². The molecular formula is C12H14BrN3O3S2. The van der Waals surface area contributed by atoms with E-state index in [1.54, 1.807) is 22.3 Å². The normalized spacial score (nSPS) is 20.8. The molecule has 2 aromatic heterocycles. The maximum absolute atomic E-state index is 12.7. The average Bonchev–Trinajstić information content (AvgIpc) is 3.08. The van der Waals surface area contributed by atoms with E-state index in [0.29, 0.717) is 28.4 Å². The summed E-state index contributed by atoms with van der Waals surface area (Å²) in [5, 5.41) is 5.87. The van der Waals surface area contributed by atoms with Crippen molar-refractivity contribution in [2.75, 3.05) is 19.7 Å². The van der Waals surface area contributed by atoms with Crippen LogP contribution in [0, 0.1) is 0 Å². The molecule has 0 radical (unpaired) electrons. The molecule has 1 saturated heterocycles. The van der Waals surface area contributed by atoms with Crippen molar-refractivity contribution in [2.45, 2.75) is 10.3 Å². The molecule has 3 heterocycles. The summed E-state index contributed by atoms with van der Waals surface area (Å²) in [6.07, 6.45) is 3.28. The van der Waals surface area contributed by atoms with E-state index in [1.807, 2.05) is 13.2 Å². The second-order valence-corrected chi connectivity index (χ2v) is 8.63. The van der Waals surface area contributed by atoms with E-state index in [2.05, 4.69) is 21.0 Å². The third-order valence-electron chi connectivity index (χ3n) is 3.28. The van der Waals surface area contributed by atoms with Gasteiger partial charge in [0.25, 0.3) is 10.0 Å². The lowest BCUT2D eigenvalue weighted by Gasteiger charge is -2.31. The van der Waals surface area contributed by atoms with Gasteiger partial charge < -0.3 is 4.74 Å². The van der Waals surface area contributed by atoms with Crippen molar-refractivity contribution in [2.24, 2.45) is 7.05 Å². The summed E-state index contributed by atoms with van der Waals surface area (Å²) in [4.78, 5) is 0. The molecule has 0 aromatic carbocycles. The molecule has 1 atom stereocenters. The zero-order valence-electron chi connectivity index (χ0n) is 11.3. The predicted molar refractivity (Wildman–Crippen MR) is 82.7 cm³/mol. The SMILES string of the molecule is Cn1cc([C@H]2CN(S(=O)(=O)c3sccc3Br)CCO2)cn1. The van der Waals surface area contributed by atoms with Gasteiger partial charge in [0, 0.05) is 36.4 Å². The molecule has 0 saturated carbocycles. The molecule has 1 aliphatic heterocycles. The van der Waals surface area contributed by atoms with E-state index in [4.69, 9.17) is 4.74 Å². The first-order valence-corrected chi connectivity index (χ1v) is 9.43. The van der Waals surface area contributed by atoms with Crippen LogP contribution in [0.15, 0.2) is 32.5 Å². The van der Waals surface area contributed by atoms with Crippen LogP contribution in [0.2, 0.25) is 0 Å². The van der Waals surface area contributed by atoms with Crippen LogP contribution in [-0.2, 0) is 21.8 Å². The van der Waals surface area contributed by atoms with Crippen molar-refractivity contribution in [3.8, 4) is 0 Å². The summed E-state index contributed by atoms with van der Waals surface area (Å²) in [6.45, 7) is 1.05. The summed E-state index contributed by atoms with van der Waals surface area (Å²) in [5.74, 6) is 0. The Morgan fingerprint density at radius 3 is 2.95 bits per heavy atom. The second-order valence-electron chi connectivity index (χ2n) is 4.73. The van der Waals surface area contributed by atoms with Crippen molar-refractivity contribution in [3.63, 3.8) is 0 Å². The van der Waals surface area contributed by atoms with Gasteiger partial charge >= 0.3 is 0 Å². The fourth-order valence-electron chi connectivity index (χ4n) is 2.23. The standard InChI is InChI=1S/C12H14BrN3O3S2/c1-15-7-9(6-14-15)11-8-16(3-4-19-11)21(17,18)12-10(13)2-5-20-12/h2,5-7,11H,3-4,8H2,1H3/t11-/m1/s1. The van der Waals surface area contributed by atoms with Gasteiger partial charge in [-0.3, -0.25) is 4.68 Å². The quantitative estimate of drug-likeness (QED) is 0.802. The monoisotopic (exact) mass is 391 g/mol. The number of hydrogen-bond donors (Lipinski definition) is 0. The molecule has 114 valence electrons.